The van der Waals surface area contributed by atoms with Gasteiger partial charge in [-0.15, -0.1) is 0 Å². The van der Waals surface area contributed by atoms with Crippen LogP contribution in [0.3, 0.4) is 0 Å². The zero-order valence-electron chi connectivity index (χ0n) is 8.21. The number of nitrogens with one attached hydrogen (secondary N) is 1. The first-order valence-electron chi connectivity index (χ1n) is 4.64. The number of likely N-dealkylation sites (N-methyl/N-ethyl adjacent to an activating group) is 1. The van der Waals surface area contributed by atoms with Crippen molar-refractivity contribution in [1.82, 2.24) is 5.32 Å². The first-order valence-corrected chi connectivity index (χ1v) is 4.64. The van der Waals surface area contributed by atoms with E-state index in [1.807, 2.05) is 0 Å². The Kier molecular flexibility index (Phi) is 4.18. The molecule has 0 spiro atoms. The Morgan fingerprint density at radius 2 is 2.31 bits per heavy atom. The summed E-state index contributed by atoms with van der Waals surface area (Å²) >= 11 is 0. The van der Waals surface area contributed by atoms with Crippen molar-refractivity contribution < 1.29 is 14.3 Å². The fraction of sp³-hybridized carbons (Fsp3) is 0.889. The Hall–Kier alpha value is -0.610. The molecule has 0 radical (unpaired) electrons. The second-order valence-electron chi connectivity index (χ2n) is 3.25. The molecule has 1 aliphatic rings. The number of rotatable bonds is 5. The van der Waals surface area contributed by atoms with Gasteiger partial charge in [0.05, 0.1) is 19.8 Å². The van der Waals surface area contributed by atoms with Crippen LogP contribution in [0.2, 0.25) is 0 Å². The highest BCUT2D eigenvalue weighted by Crippen LogP contribution is 2.21. The molecule has 4 nitrogen and oxygen atoms in total. The molecule has 0 amide bonds. The van der Waals surface area contributed by atoms with E-state index in [1.54, 1.807) is 7.05 Å². The minimum absolute atomic E-state index is 0.262. The summed E-state index contributed by atoms with van der Waals surface area (Å²) < 4.78 is 10.1. The third-order valence-electron chi connectivity index (χ3n) is 2.38. The van der Waals surface area contributed by atoms with Gasteiger partial charge in [0.25, 0.3) is 0 Å². The van der Waals surface area contributed by atoms with Gasteiger partial charge in [-0.3, -0.25) is 4.79 Å². The molecule has 1 saturated carbocycles. The zero-order chi connectivity index (χ0) is 9.68. The molecule has 1 aliphatic carbocycles. The lowest BCUT2D eigenvalue weighted by Gasteiger charge is -2.27. The lowest BCUT2D eigenvalue weighted by atomic mass is 9.96. The van der Waals surface area contributed by atoms with Crippen molar-refractivity contribution in [2.24, 2.45) is 0 Å². The van der Waals surface area contributed by atoms with E-state index in [2.05, 4.69) is 10.1 Å². The van der Waals surface area contributed by atoms with Crippen molar-refractivity contribution >= 4 is 5.97 Å². The number of hydrogen-bond donors (Lipinski definition) is 1. The van der Waals surface area contributed by atoms with Crippen LogP contribution in [-0.2, 0) is 14.3 Å². The topological polar surface area (TPSA) is 47.6 Å². The lowest BCUT2D eigenvalue weighted by Crippen LogP contribution is -2.41. The molecule has 0 unspecified atom stereocenters. The number of carbonyl (C=O) groups is 1. The van der Waals surface area contributed by atoms with Crippen molar-refractivity contribution in [1.29, 1.82) is 0 Å². The zero-order valence-corrected chi connectivity index (χ0v) is 8.21. The summed E-state index contributed by atoms with van der Waals surface area (Å²) in [6, 6.07) is -0.328. The van der Waals surface area contributed by atoms with Crippen LogP contribution in [0.4, 0.5) is 0 Å². The first kappa shape index (κ1) is 10.5. The fourth-order valence-corrected chi connectivity index (χ4v) is 1.18. The van der Waals surface area contributed by atoms with Gasteiger partial charge in [0.1, 0.15) is 6.04 Å². The van der Waals surface area contributed by atoms with Crippen LogP contribution in [0.25, 0.3) is 0 Å². The van der Waals surface area contributed by atoms with Crippen molar-refractivity contribution in [2.45, 2.75) is 31.4 Å². The summed E-state index contributed by atoms with van der Waals surface area (Å²) in [5, 5.41) is 2.86. The van der Waals surface area contributed by atoms with Crippen molar-refractivity contribution in [3.05, 3.63) is 0 Å². The molecule has 13 heavy (non-hydrogen) atoms. The monoisotopic (exact) mass is 187 g/mol. The lowest BCUT2D eigenvalue weighted by molar-refractivity contribution is -0.145. The maximum atomic E-state index is 11.1. The largest absolute Gasteiger partial charge is 0.468 e. The highest BCUT2D eigenvalue weighted by molar-refractivity contribution is 5.75. The fourth-order valence-electron chi connectivity index (χ4n) is 1.18. The number of carbonyl (C=O) groups excluding carboxylic acids is 1. The predicted octanol–water partition coefficient (Wildman–Crippen LogP) is 0.316. The third kappa shape index (κ3) is 2.97. The van der Waals surface area contributed by atoms with Crippen LogP contribution in [0, 0.1) is 0 Å². The van der Waals surface area contributed by atoms with Crippen LogP contribution in [-0.4, -0.2) is 38.9 Å². The summed E-state index contributed by atoms with van der Waals surface area (Å²) in [4.78, 5) is 11.1. The quantitative estimate of drug-likeness (QED) is 0.629. The van der Waals surface area contributed by atoms with Gasteiger partial charge in [-0.2, -0.15) is 0 Å². The van der Waals surface area contributed by atoms with E-state index in [9.17, 15) is 4.79 Å². The van der Waals surface area contributed by atoms with E-state index in [1.165, 1.54) is 13.5 Å². The van der Waals surface area contributed by atoms with E-state index >= 15 is 0 Å². The molecule has 0 aliphatic heterocycles. The molecule has 4 heteroatoms. The Bertz CT molecular complexity index is 168. The standard InChI is InChI=1S/C9H17NO3/c1-10-8(9(11)12-2)6-13-7-4-3-5-7/h7-8,10H,3-6H2,1-2H3/t8-/m0/s1. The molecule has 0 saturated heterocycles. The first-order chi connectivity index (χ1) is 6.27. The van der Waals surface area contributed by atoms with Gasteiger partial charge in [0, 0.05) is 0 Å². The van der Waals surface area contributed by atoms with Gasteiger partial charge in [0.2, 0.25) is 0 Å². The maximum Gasteiger partial charge on any atom is 0.325 e. The Balaban J connectivity index is 2.18. The highest BCUT2D eigenvalue weighted by Gasteiger charge is 2.22. The summed E-state index contributed by atoms with van der Waals surface area (Å²) in [6.07, 6.45) is 3.85. The van der Waals surface area contributed by atoms with Crippen LogP contribution < -0.4 is 5.32 Å². The van der Waals surface area contributed by atoms with Crippen molar-refractivity contribution in [3.63, 3.8) is 0 Å². The average molecular weight is 187 g/mol. The molecule has 1 atom stereocenters. The van der Waals surface area contributed by atoms with E-state index in [0.717, 1.165) is 12.8 Å². The highest BCUT2D eigenvalue weighted by atomic mass is 16.5. The molecule has 1 N–H and O–H groups in total. The van der Waals surface area contributed by atoms with Crippen LogP contribution >= 0.6 is 0 Å². The smallest absolute Gasteiger partial charge is 0.325 e. The molecule has 0 bridgehead atoms. The van der Waals surface area contributed by atoms with E-state index in [4.69, 9.17) is 4.74 Å². The van der Waals surface area contributed by atoms with Crippen molar-refractivity contribution in [2.75, 3.05) is 20.8 Å². The minimum atomic E-state index is -0.328. The third-order valence-corrected chi connectivity index (χ3v) is 2.38. The average Bonchev–Trinajstić information content (AvgIpc) is 2.08. The summed E-state index contributed by atoms with van der Waals surface area (Å²) in [5.41, 5.74) is 0. The SMILES string of the molecule is CN[C@@H](COC1CCC1)C(=O)OC. The molecule has 76 valence electrons. The van der Waals surface area contributed by atoms with Crippen LogP contribution in [0.5, 0.6) is 0 Å². The van der Waals surface area contributed by atoms with E-state index < -0.39 is 0 Å². The Labute approximate surface area is 78.6 Å². The van der Waals surface area contributed by atoms with Gasteiger partial charge in [-0.05, 0) is 26.3 Å². The summed E-state index contributed by atoms with van der Waals surface area (Å²) in [7, 11) is 3.11. The number of methoxy groups -OCH3 is 1. The second-order valence-corrected chi connectivity index (χ2v) is 3.25. The van der Waals surface area contributed by atoms with Gasteiger partial charge < -0.3 is 14.8 Å². The van der Waals surface area contributed by atoms with Gasteiger partial charge in [-0.25, -0.2) is 0 Å². The number of hydrogen-bond acceptors (Lipinski definition) is 4. The van der Waals surface area contributed by atoms with Crippen molar-refractivity contribution in [3.8, 4) is 0 Å². The molecule has 0 aromatic carbocycles. The van der Waals surface area contributed by atoms with Crippen LogP contribution in [0.1, 0.15) is 19.3 Å². The predicted molar refractivity (Wildman–Crippen MR) is 48.5 cm³/mol. The van der Waals surface area contributed by atoms with Gasteiger partial charge >= 0.3 is 5.97 Å². The molecular formula is C9H17NO3. The van der Waals surface area contributed by atoms with E-state index in [-0.39, 0.29) is 12.0 Å². The maximum absolute atomic E-state index is 11.1. The molecule has 1 rings (SSSR count). The van der Waals surface area contributed by atoms with E-state index in [0.29, 0.717) is 12.7 Å². The molecule has 0 aromatic rings. The molecule has 1 fully saturated rings. The summed E-state index contributed by atoms with van der Waals surface area (Å²) in [5.74, 6) is -0.262. The Morgan fingerprint density at radius 3 is 2.69 bits per heavy atom. The second kappa shape index (κ2) is 5.19. The molecule has 0 aromatic heterocycles. The number of ether oxygens (including phenoxy) is 2. The minimum Gasteiger partial charge on any atom is -0.468 e. The number of esters is 1. The normalized spacial score (nSPS) is 19.2. The summed E-state index contributed by atoms with van der Waals surface area (Å²) in [6.45, 7) is 0.411. The molecular weight excluding hydrogens is 170 g/mol. The van der Waals surface area contributed by atoms with Gasteiger partial charge in [-0.1, -0.05) is 0 Å². The molecule has 0 heterocycles. The van der Waals surface area contributed by atoms with Crippen LogP contribution in [0.15, 0.2) is 0 Å². The van der Waals surface area contributed by atoms with Gasteiger partial charge in [0.15, 0.2) is 0 Å². The Morgan fingerprint density at radius 1 is 1.62 bits per heavy atom.